The average molecular weight is 357 g/mol. The van der Waals surface area contributed by atoms with Crippen LogP contribution in [-0.2, 0) is 9.59 Å². The molecule has 1 aromatic carbocycles. The lowest BCUT2D eigenvalue weighted by atomic mass is 10.0. The molecule has 3 rings (SSSR count). The first-order valence-electron chi connectivity index (χ1n) is 8.84. The van der Waals surface area contributed by atoms with Crippen LogP contribution in [0.25, 0.3) is 11.4 Å². The third-order valence-electron chi connectivity index (χ3n) is 4.74. The molecule has 1 fully saturated rings. The number of carbonyl (C=O) groups is 2. The second kappa shape index (κ2) is 7.63. The molecule has 138 valence electrons. The highest BCUT2D eigenvalue weighted by Gasteiger charge is 2.34. The quantitative estimate of drug-likeness (QED) is 0.817. The number of aliphatic carboxylic acids is 1. The van der Waals surface area contributed by atoms with Gasteiger partial charge in [0.15, 0.2) is 6.04 Å². The first-order chi connectivity index (χ1) is 12.5. The maximum Gasteiger partial charge on any atom is 0.306 e. The number of aromatic nitrogens is 4. The Labute approximate surface area is 151 Å². The van der Waals surface area contributed by atoms with Gasteiger partial charge in [-0.15, -0.1) is 10.2 Å². The van der Waals surface area contributed by atoms with Gasteiger partial charge in [-0.3, -0.25) is 9.59 Å². The number of carbonyl (C=O) groups excluding carboxylic acids is 1. The molecule has 8 heteroatoms. The smallest absolute Gasteiger partial charge is 0.306 e. The second-order valence-corrected chi connectivity index (χ2v) is 7.04. The summed E-state index contributed by atoms with van der Waals surface area (Å²) < 4.78 is 0. The van der Waals surface area contributed by atoms with Gasteiger partial charge in [-0.2, -0.15) is 4.80 Å². The summed E-state index contributed by atoms with van der Waals surface area (Å²) in [4.78, 5) is 25.2. The van der Waals surface area contributed by atoms with E-state index in [2.05, 4.69) is 20.7 Å². The Bertz CT molecular complexity index is 774. The summed E-state index contributed by atoms with van der Waals surface area (Å²) in [5, 5.41) is 24.6. The lowest BCUT2D eigenvalue weighted by Crippen LogP contribution is -2.41. The third-order valence-corrected chi connectivity index (χ3v) is 4.74. The molecule has 1 aliphatic carbocycles. The lowest BCUT2D eigenvalue weighted by Gasteiger charge is -2.21. The van der Waals surface area contributed by atoms with Crippen molar-refractivity contribution in [1.82, 2.24) is 25.5 Å². The van der Waals surface area contributed by atoms with Crippen LogP contribution in [0.15, 0.2) is 30.3 Å². The molecule has 1 saturated carbocycles. The van der Waals surface area contributed by atoms with E-state index in [4.69, 9.17) is 5.11 Å². The van der Waals surface area contributed by atoms with Crippen molar-refractivity contribution < 1.29 is 14.7 Å². The largest absolute Gasteiger partial charge is 0.481 e. The Hall–Kier alpha value is -2.77. The summed E-state index contributed by atoms with van der Waals surface area (Å²) in [7, 11) is 0. The monoisotopic (exact) mass is 357 g/mol. The Morgan fingerprint density at radius 2 is 1.96 bits per heavy atom. The molecule has 1 heterocycles. The average Bonchev–Trinajstić information content (AvgIpc) is 3.25. The molecule has 1 aromatic heterocycles. The molecule has 0 spiro atoms. The summed E-state index contributed by atoms with van der Waals surface area (Å²) in [5.41, 5.74) is 0.835. The van der Waals surface area contributed by atoms with Gasteiger partial charge < -0.3 is 10.4 Å². The van der Waals surface area contributed by atoms with Crippen LogP contribution in [0.1, 0.15) is 39.2 Å². The van der Waals surface area contributed by atoms with Gasteiger partial charge in [0.05, 0.1) is 5.92 Å². The minimum absolute atomic E-state index is 0.0375. The highest BCUT2D eigenvalue weighted by molar-refractivity contribution is 5.81. The number of amides is 1. The number of carboxylic acid groups (broad SMARTS) is 1. The van der Waals surface area contributed by atoms with E-state index in [1.165, 1.54) is 4.80 Å². The molecule has 1 aliphatic rings. The van der Waals surface area contributed by atoms with Crippen LogP contribution in [0.3, 0.4) is 0 Å². The Morgan fingerprint density at radius 1 is 1.23 bits per heavy atom. The third kappa shape index (κ3) is 3.89. The summed E-state index contributed by atoms with van der Waals surface area (Å²) >= 11 is 0. The minimum atomic E-state index is -0.799. The van der Waals surface area contributed by atoms with E-state index in [1.54, 1.807) is 0 Å². The van der Waals surface area contributed by atoms with Crippen molar-refractivity contribution in [3.8, 4) is 11.4 Å². The molecule has 0 radical (unpaired) electrons. The van der Waals surface area contributed by atoms with Crippen molar-refractivity contribution in [2.45, 2.75) is 45.2 Å². The first-order valence-corrected chi connectivity index (χ1v) is 8.84. The van der Waals surface area contributed by atoms with Gasteiger partial charge in [-0.1, -0.05) is 44.2 Å². The summed E-state index contributed by atoms with van der Waals surface area (Å²) in [6.07, 6.45) is 1.73. The molecule has 2 N–H and O–H groups in total. The Morgan fingerprint density at radius 3 is 2.58 bits per heavy atom. The molecule has 0 aliphatic heterocycles. The van der Waals surface area contributed by atoms with E-state index in [0.29, 0.717) is 25.1 Å². The van der Waals surface area contributed by atoms with Gasteiger partial charge in [0, 0.05) is 11.6 Å². The van der Waals surface area contributed by atoms with E-state index in [1.807, 2.05) is 44.2 Å². The van der Waals surface area contributed by atoms with Crippen LogP contribution in [0.2, 0.25) is 0 Å². The zero-order valence-corrected chi connectivity index (χ0v) is 14.9. The molecule has 8 nitrogen and oxygen atoms in total. The van der Waals surface area contributed by atoms with E-state index in [-0.39, 0.29) is 23.8 Å². The van der Waals surface area contributed by atoms with E-state index < -0.39 is 12.0 Å². The van der Waals surface area contributed by atoms with Crippen LogP contribution in [-0.4, -0.2) is 43.2 Å². The summed E-state index contributed by atoms with van der Waals surface area (Å²) in [6, 6.07) is 8.74. The lowest BCUT2D eigenvalue weighted by molar-refractivity contribution is -0.141. The number of nitrogens with one attached hydrogen (secondary N) is 1. The Kier molecular flexibility index (Phi) is 5.29. The number of tetrazole rings is 1. The van der Waals surface area contributed by atoms with Gasteiger partial charge >= 0.3 is 5.97 Å². The summed E-state index contributed by atoms with van der Waals surface area (Å²) in [5.74, 6) is -0.951. The van der Waals surface area contributed by atoms with Crippen LogP contribution in [0.4, 0.5) is 0 Å². The predicted molar refractivity (Wildman–Crippen MR) is 94.0 cm³/mol. The number of nitrogens with zero attached hydrogens (tertiary/aromatic N) is 4. The summed E-state index contributed by atoms with van der Waals surface area (Å²) in [6.45, 7) is 3.84. The van der Waals surface area contributed by atoms with Crippen molar-refractivity contribution in [3.05, 3.63) is 30.3 Å². The number of benzene rings is 1. The highest BCUT2D eigenvalue weighted by Crippen LogP contribution is 2.27. The van der Waals surface area contributed by atoms with Crippen molar-refractivity contribution in [2.75, 3.05) is 0 Å². The Balaban J connectivity index is 1.72. The fourth-order valence-electron chi connectivity index (χ4n) is 3.34. The van der Waals surface area contributed by atoms with E-state index >= 15 is 0 Å². The molecule has 1 amide bonds. The standard InChI is InChI=1S/C18H23N5O3/c1-11(2)15(17(24)19-14-9-8-13(10-14)18(25)26)23-21-16(20-22-23)12-6-4-3-5-7-12/h3-7,11,13-15H,8-10H2,1-2H3,(H,19,24)(H,25,26)/t13-,14+,15?/m0/s1. The van der Waals surface area contributed by atoms with Crippen LogP contribution < -0.4 is 5.32 Å². The molecule has 3 atom stereocenters. The van der Waals surface area contributed by atoms with Crippen LogP contribution in [0.5, 0.6) is 0 Å². The molecule has 26 heavy (non-hydrogen) atoms. The normalized spacial score (nSPS) is 20.9. The van der Waals surface area contributed by atoms with Crippen LogP contribution >= 0.6 is 0 Å². The number of rotatable bonds is 6. The fraction of sp³-hybridized carbons (Fsp3) is 0.500. The minimum Gasteiger partial charge on any atom is -0.481 e. The van der Waals surface area contributed by atoms with Crippen LogP contribution in [0, 0.1) is 11.8 Å². The van der Waals surface area contributed by atoms with Gasteiger partial charge in [-0.05, 0) is 30.4 Å². The number of hydrogen-bond acceptors (Lipinski definition) is 5. The van der Waals surface area contributed by atoms with Gasteiger partial charge in [0.25, 0.3) is 0 Å². The molecular weight excluding hydrogens is 334 g/mol. The zero-order valence-electron chi connectivity index (χ0n) is 14.9. The fourth-order valence-corrected chi connectivity index (χ4v) is 3.34. The number of hydrogen-bond donors (Lipinski definition) is 2. The van der Waals surface area contributed by atoms with E-state index in [0.717, 1.165) is 5.56 Å². The SMILES string of the molecule is CC(C)C(C(=O)N[C@@H]1CC[C@H](C(=O)O)C1)n1nnc(-c2ccccc2)n1. The zero-order chi connectivity index (χ0) is 18.7. The van der Waals surface area contributed by atoms with Crippen molar-refractivity contribution in [3.63, 3.8) is 0 Å². The second-order valence-electron chi connectivity index (χ2n) is 7.04. The maximum absolute atomic E-state index is 12.8. The molecule has 1 unspecified atom stereocenters. The van der Waals surface area contributed by atoms with Gasteiger partial charge in [-0.25, -0.2) is 0 Å². The predicted octanol–water partition coefficient (Wildman–Crippen LogP) is 1.91. The molecule has 0 bridgehead atoms. The number of carboxylic acids is 1. The molecule has 2 aromatic rings. The van der Waals surface area contributed by atoms with Gasteiger partial charge in [0.1, 0.15) is 0 Å². The highest BCUT2D eigenvalue weighted by atomic mass is 16.4. The van der Waals surface area contributed by atoms with Gasteiger partial charge in [0.2, 0.25) is 11.7 Å². The molecular formula is C18H23N5O3. The molecule has 0 saturated heterocycles. The first kappa shape index (κ1) is 18.0. The van der Waals surface area contributed by atoms with E-state index in [9.17, 15) is 9.59 Å². The maximum atomic E-state index is 12.8. The topological polar surface area (TPSA) is 110 Å². The van der Waals surface area contributed by atoms with Crippen molar-refractivity contribution in [1.29, 1.82) is 0 Å². The van der Waals surface area contributed by atoms with Crippen molar-refractivity contribution in [2.24, 2.45) is 11.8 Å². The van der Waals surface area contributed by atoms with Crippen molar-refractivity contribution >= 4 is 11.9 Å².